The molecule has 1 fully saturated rings. The predicted molar refractivity (Wildman–Crippen MR) is 170 cm³/mol. The van der Waals surface area contributed by atoms with E-state index in [1.807, 2.05) is 0 Å². The number of hydrogen-bond acceptors (Lipinski definition) is 1. The number of imidazole rings is 1. The zero-order valence-electron chi connectivity index (χ0n) is 22.5. The van der Waals surface area contributed by atoms with Gasteiger partial charge in [-0.3, -0.25) is 4.57 Å². The molecule has 0 saturated heterocycles. The molecule has 3 aliphatic carbocycles. The van der Waals surface area contributed by atoms with Crippen LogP contribution in [-0.2, 0) is 5.41 Å². The molecule has 0 N–H and O–H groups in total. The van der Waals surface area contributed by atoms with Crippen molar-refractivity contribution in [3.05, 3.63) is 125 Å². The lowest BCUT2D eigenvalue weighted by atomic mass is 9.63. The molecule has 1 aromatic heterocycles. The van der Waals surface area contributed by atoms with Crippen LogP contribution >= 0.6 is 15.9 Å². The Bertz CT molecular complexity index is 1820. The molecule has 3 aliphatic rings. The van der Waals surface area contributed by atoms with Crippen molar-refractivity contribution in [2.24, 2.45) is 5.92 Å². The van der Waals surface area contributed by atoms with Crippen molar-refractivity contribution in [1.82, 2.24) is 9.55 Å². The number of rotatable bonds is 3. The average molecular weight is 584 g/mol. The van der Waals surface area contributed by atoms with Gasteiger partial charge < -0.3 is 0 Å². The SMILES string of the molecule is BrC1=CC=C2c3ccc(-c4cccc(-n5c(-c6ccccc6)nc6ccccc65)c4)cc3C3(CCCCC3)C2C1. The molecule has 1 heterocycles. The number of benzene rings is 4. The van der Waals surface area contributed by atoms with Crippen LogP contribution in [0.25, 0.3) is 44.8 Å². The maximum absolute atomic E-state index is 5.06. The lowest BCUT2D eigenvalue weighted by Crippen LogP contribution is -2.34. The van der Waals surface area contributed by atoms with Gasteiger partial charge in [0.15, 0.2) is 0 Å². The van der Waals surface area contributed by atoms with Gasteiger partial charge in [0.1, 0.15) is 5.82 Å². The second-order valence-electron chi connectivity index (χ2n) is 11.6. The number of halogens is 1. The van der Waals surface area contributed by atoms with Crippen LogP contribution < -0.4 is 0 Å². The summed E-state index contributed by atoms with van der Waals surface area (Å²) in [5, 5.41) is 0. The lowest BCUT2D eigenvalue weighted by molar-refractivity contribution is 0.240. The van der Waals surface area contributed by atoms with Gasteiger partial charge in [-0.05, 0) is 87.8 Å². The van der Waals surface area contributed by atoms with Gasteiger partial charge in [0.25, 0.3) is 0 Å². The fourth-order valence-corrected chi connectivity index (χ4v) is 8.16. The third-order valence-corrected chi connectivity index (χ3v) is 10.1. The van der Waals surface area contributed by atoms with Crippen LogP contribution in [0.15, 0.2) is 114 Å². The monoisotopic (exact) mass is 582 g/mol. The van der Waals surface area contributed by atoms with Crippen LogP contribution in [0.3, 0.4) is 0 Å². The normalized spacial score (nSPS) is 19.3. The molecule has 196 valence electrons. The highest BCUT2D eigenvalue weighted by Crippen LogP contribution is 2.60. The van der Waals surface area contributed by atoms with Crippen LogP contribution in [0.1, 0.15) is 49.7 Å². The minimum Gasteiger partial charge on any atom is -0.292 e. The van der Waals surface area contributed by atoms with Gasteiger partial charge in [-0.15, -0.1) is 0 Å². The summed E-state index contributed by atoms with van der Waals surface area (Å²) in [6, 6.07) is 35.3. The Morgan fingerprint density at radius 1 is 0.725 bits per heavy atom. The highest BCUT2D eigenvalue weighted by atomic mass is 79.9. The van der Waals surface area contributed by atoms with E-state index >= 15 is 0 Å². The van der Waals surface area contributed by atoms with Crippen molar-refractivity contribution in [2.45, 2.75) is 43.9 Å². The molecule has 1 atom stereocenters. The average Bonchev–Trinajstić information content (AvgIpc) is 3.52. The molecule has 0 radical (unpaired) electrons. The number of para-hydroxylation sites is 2. The van der Waals surface area contributed by atoms with Gasteiger partial charge in [0.2, 0.25) is 0 Å². The van der Waals surface area contributed by atoms with Crippen LogP contribution in [0.4, 0.5) is 0 Å². The van der Waals surface area contributed by atoms with Crippen LogP contribution in [0.5, 0.6) is 0 Å². The van der Waals surface area contributed by atoms with E-state index in [2.05, 4.69) is 130 Å². The molecule has 1 saturated carbocycles. The zero-order valence-corrected chi connectivity index (χ0v) is 24.1. The summed E-state index contributed by atoms with van der Waals surface area (Å²) in [5.74, 6) is 1.57. The molecule has 0 aliphatic heterocycles. The topological polar surface area (TPSA) is 17.8 Å². The molecule has 0 amide bonds. The summed E-state index contributed by atoms with van der Waals surface area (Å²) in [4.78, 5) is 5.06. The number of aromatic nitrogens is 2. The van der Waals surface area contributed by atoms with E-state index in [-0.39, 0.29) is 5.41 Å². The molecular weight excluding hydrogens is 552 g/mol. The van der Waals surface area contributed by atoms with Gasteiger partial charge in [-0.1, -0.05) is 114 Å². The predicted octanol–water partition coefficient (Wildman–Crippen LogP) is 10.3. The first-order valence-electron chi connectivity index (χ1n) is 14.6. The summed E-state index contributed by atoms with van der Waals surface area (Å²) in [5.41, 5.74) is 11.9. The summed E-state index contributed by atoms with van der Waals surface area (Å²) in [7, 11) is 0. The highest BCUT2D eigenvalue weighted by molar-refractivity contribution is 9.11. The molecule has 40 heavy (non-hydrogen) atoms. The van der Waals surface area contributed by atoms with Gasteiger partial charge >= 0.3 is 0 Å². The van der Waals surface area contributed by atoms with E-state index in [1.165, 1.54) is 53.3 Å². The van der Waals surface area contributed by atoms with Crippen molar-refractivity contribution < 1.29 is 0 Å². The van der Waals surface area contributed by atoms with Gasteiger partial charge in [-0.25, -0.2) is 4.98 Å². The summed E-state index contributed by atoms with van der Waals surface area (Å²) >= 11 is 3.85. The second kappa shape index (κ2) is 9.45. The first-order chi connectivity index (χ1) is 19.7. The molecule has 1 unspecified atom stereocenters. The van der Waals surface area contributed by atoms with Gasteiger partial charge in [-0.2, -0.15) is 0 Å². The van der Waals surface area contributed by atoms with Crippen molar-refractivity contribution >= 4 is 32.5 Å². The molecule has 1 spiro atoms. The smallest absolute Gasteiger partial charge is 0.145 e. The Kier molecular flexibility index (Phi) is 5.70. The van der Waals surface area contributed by atoms with E-state index in [4.69, 9.17) is 4.98 Å². The molecule has 8 rings (SSSR count). The van der Waals surface area contributed by atoms with Crippen LogP contribution in [0.2, 0.25) is 0 Å². The van der Waals surface area contributed by atoms with Crippen molar-refractivity contribution in [3.8, 4) is 28.2 Å². The van der Waals surface area contributed by atoms with E-state index in [0.717, 1.165) is 34.5 Å². The van der Waals surface area contributed by atoms with Gasteiger partial charge in [0, 0.05) is 16.7 Å². The van der Waals surface area contributed by atoms with Crippen molar-refractivity contribution in [3.63, 3.8) is 0 Å². The minimum atomic E-state index is 0.265. The first-order valence-corrected chi connectivity index (χ1v) is 15.4. The Balaban J connectivity index is 1.27. The molecule has 0 bridgehead atoms. The van der Waals surface area contributed by atoms with Crippen molar-refractivity contribution in [1.29, 1.82) is 0 Å². The van der Waals surface area contributed by atoms with E-state index in [0.29, 0.717) is 5.92 Å². The Morgan fingerprint density at radius 3 is 2.38 bits per heavy atom. The first kappa shape index (κ1) is 24.1. The number of nitrogens with zero attached hydrogens (tertiary/aromatic N) is 2. The van der Waals surface area contributed by atoms with Gasteiger partial charge in [0.05, 0.1) is 11.0 Å². The lowest BCUT2D eigenvalue weighted by Gasteiger charge is -2.41. The molecule has 2 nitrogen and oxygen atoms in total. The maximum Gasteiger partial charge on any atom is 0.145 e. The van der Waals surface area contributed by atoms with E-state index in [1.54, 1.807) is 11.1 Å². The minimum absolute atomic E-state index is 0.265. The second-order valence-corrected chi connectivity index (χ2v) is 12.7. The Hall–Kier alpha value is -3.69. The quantitative estimate of drug-likeness (QED) is 0.207. The number of hydrogen-bond donors (Lipinski definition) is 0. The standard InChI is InChI=1S/C37H31BrN2/c38-28-17-19-31-30-18-16-27(23-32(30)37(33(31)24-28)20-7-2-8-21-37)26-12-9-13-29(22-26)40-35-15-6-5-14-34(35)39-36(40)25-10-3-1-4-11-25/h1,3-6,9-19,22-23,33H,2,7-8,20-21,24H2. The third kappa shape index (κ3) is 3.71. The molecular formula is C37H31BrN2. The zero-order chi connectivity index (χ0) is 26.7. The van der Waals surface area contributed by atoms with E-state index in [9.17, 15) is 0 Å². The van der Waals surface area contributed by atoms with Crippen molar-refractivity contribution in [2.75, 3.05) is 0 Å². The number of allylic oxidation sites excluding steroid dienone is 4. The summed E-state index contributed by atoms with van der Waals surface area (Å²) in [6.07, 6.45) is 12.4. The number of fused-ring (bicyclic) bond motifs is 6. The summed E-state index contributed by atoms with van der Waals surface area (Å²) < 4.78 is 3.65. The molecule has 3 heteroatoms. The molecule has 5 aromatic rings. The van der Waals surface area contributed by atoms with E-state index < -0.39 is 0 Å². The van der Waals surface area contributed by atoms with Crippen LogP contribution in [0, 0.1) is 5.92 Å². The highest BCUT2D eigenvalue weighted by Gasteiger charge is 2.50. The maximum atomic E-state index is 5.06. The molecule has 4 aromatic carbocycles. The Morgan fingerprint density at radius 2 is 1.50 bits per heavy atom. The third-order valence-electron chi connectivity index (χ3n) is 9.53. The summed E-state index contributed by atoms with van der Waals surface area (Å²) in [6.45, 7) is 0. The Labute approximate surface area is 244 Å². The van der Waals surface area contributed by atoms with Crippen LogP contribution in [-0.4, -0.2) is 9.55 Å². The largest absolute Gasteiger partial charge is 0.292 e. The fourth-order valence-electron chi connectivity index (χ4n) is 7.71. The fraction of sp³-hybridized carbons (Fsp3) is 0.216.